The second kappa shape index (κ2) is 9.27. The third-order valence-electron chi connectivity index (χ3n) is 4.52. The predicted octanol–water partition coefficient (Wildman–Crippen LogP) is 6.91. The first-order valence-electron chi connectivity index (χ1n) is 9.78. The van der Waals surface area contributed by atoms with Gasteiger partial charge in [-0.05, 0) is 71.8 Å². The molecule has 3 rings (SSSR count). The van der Waals surface area contributed by atoms with Gasteiger partial charge in [0.15, 0.2) is 0 Å². The zero-order valence-electron chi connectivity index (χ0n) is 16.5. The lowest BCUT2D eigenvalue weighted by Crippen LogP contribution is -1.96. The van der Waals surface area contributed by atoms with Gasteiger partial charge >= 0.3 is 0 Å². The van der Waals surface area contributed by atoms with Crippen LogP contribution >= 0.6 is 0 Å². The molecule has 2 heteroatoms. The van der Waals surface area contributed by atoms with Gasteiger partial charge in [-0.2, -0.15) is 0 Å². The molecule has 27 heavy (non-hydrogen) atoms. The molecule has 0 spiro atoms. The minimum Gasteiger partial charge on any atom is -0.494 e. The SMILES string of the molecule is CCCOc1ccc(-c2ccc(-c3ccc(OCCC)c(C)c3)cc2)cc1. The molecule has 0 saturated carbocycles. The Morgan fingerprint density at radius 3 is 1.63 bits per heavy atom. The van der Waals surface area contributed by atoms with Crippen LogP contribution in [0.4, 0.5) is 0 Å². The first-order chi connectivity index (χ1) is 13.2. The second-order valence-electron chi connectivity index (χ2n) is 6.78. The number of hydrogen-bond acceptors (Lipinski definition) is 2. The molecule has 0 aliphatic rings. The number of rotatable bonds is 8. The Kier molecular flexibility index (Phi) is 6.54. The smallest absolute Gasteiger partial charge is 0.122 e. The summed E-state index contributed by atoms with van der Waals surface area (Å²) in [5, 5.41) is 0. The minimum atomic E-state index is 0.760. The highest BCUT2D eigenvalue weighted by molar-refractivity contribution is 5.71. The van der Waals surface area contributed by atoms with E-state index in [9.17, 15) is 0 Å². The number of ether oxygens (including phenoxy) is 2. The van der Waals surface area contributed by atoms with Gasteiger partial charge in [0.05, 0.1) is 13.2 Å². The van der Waals surface area contributed by atoms with E-state index in [1.54, 1.807) is 0 Å². The van der Waals surface area contributed by atoms with Crippen molar-refractivity contribution in [1.29, 1.82) is 0 Å². The molecule has 0 saturated heterocycles. The molecule has 2 nitrogen and oxygen atoms in total. The maximum atomic E-state index is 5.78. The minimum absolute atomic E-state index is 0.760. The molecule has 0 radical (unpaired) electrons. The quantitative estimate of drug-likeness (QED) is 0.435. The van der Waals surface area contributed by atoms with Gasteiger partial charge < -0.3 is 9.47 Å². The normalized spacial score (nSPS) is 10.6. The summed E-state index contributed by atoms with van der Waals surface area (Å²) in [5.41, 5.74) is 6.01. The monoisotopic (exact) mass is 360 g/mol. The second-order valence-corrected chi connectivity index (χ2v) is 6.78. The van der Waals surface area contributed by atoms with Crippen LogP contribution in [0.2, 0.25) is 0 Å². The zero-order chi connectivity index (χ0) is 19.1. The van der Waals surface area contributed by atoms with E-state index in [1.807, 2.05) is 12.1 Å². The Morgan fingerprint density at radius 1 is 0.593 bits per heavy atom. The number of benzene rings is 3. The maximum absolute atomic E-state index is 5.78. The van der Waals surface area contributed by atoms with Crippen LogP contribution in [0.25, 0.3) is 22.3 Å². The molecule has 0 fully saturated rings. The van der Waals surface area contributed by atoms with E-state index in [2.05, 4.69) is 75.4 Å². The Bertz CT molecular complexity index is 848. The Morgan fingerprint density at radius 2 is 1.07 bits per heavy atom. The summed E-state index contributed by atoms with van der Waals surface area (Å²) in [4.78, 5) is 0. The summed E-state index contributed by atoms with van der Waals surface area (Å²) in [6, 6.07) is 23.4. The van der Waals surface area contributed by atoms with Gasteiger partial charge in [-0.1, -0.05) is 56.3 Å². The Balaban J connectivity index is 1.74. The molecule has 0 aliphatic heterocycles. The molecule has 3 aromatic carbocycles. The van der Waals surface area contributed by atoms with Crippen LogP contribution in [0.1, 0.15) is 32.3 Å². The highest BCUT2D eigenvalue weighted by Crippen LogP contribution is 2.29. The van der Waals surface area contributed by atoms with Crippen molar-refractivity contribution in [1.82, 2.24) is 0 Å². The molecular formula is C25H28O2. The summed E-state index contributed by atoms with van der Waals surface area (Å²) >= 11 is 0. The molecule has 140 valence electrons. The summed E-state index contributed by atoms with van der Waals surface area (Å²) < 4.78 is 11.4. The fourth-order valence-corrected chi connectivity index (χ4v) is 3.02. The fraction of sp³-hybridized carbons (Fsp3) is 0.280. The van der Waals surface area contributed by atoms with E-state index in [1.165, 1.54) is 27.8 Å². The summed E-state index contributed by atoms with van der Waals surface area (Å²) in [5.74, 6) is 1.90. The van der Waals surface area contributed by atoms with E-state index in [0.29, 0.717) is 0 Å². The average molecular weight is 360 g/mol. The van der Waals surface area contributed by atoms with Crippen molar-refractivity contribution in [2.75, 3.05) is 13.2 Å². The summed E-state index contributed by atoms with van der Waals surface area (Å²) in [6.45, 7) is 7.86. The van der Waals surface area contributed by atoms with Crippen molar-refractivity contribution < 1.29 is 9.47 Å². The molecule has 0 bridgehead atoms. The van der Waals surface area contributed by atoms with Crippen LogP contribution in [0.15, 0.2) is 66.7 Å². The summed E-state index contributed by atoms with van der Waals surface area (Å²) in [7, 11) is 0. The van der Waals surface area contributed by atoms with Crippen LogP contribution in [0.3, 0.4) is 0 Å². The van der Waals surface area contributed by atoms with Crippen molar-refractivity contribution in [2.24, 2.45) is 0 Å². The van der Waals surface area contributed by atoms with Crippen molar-refractivity contribution in [2.45, 2.75) is 33.6 Å². The van der Waals surface area contributed by atoms with Crippen LogP contribution in [-0.4, -0.2) is 13.2 Å². The number of hydrogen-bond donors (Lipinski definition) is 0. The van der Waals surface area contributed by atoms with Crippen molar-refractivity contribution >= 4 is 0 Å². The van der Waals surface area contributed by atoms with E-state index >= 15 is 0 Å². The third-order valence-corrected chi connectivity index (χ3v) is 4.52. The molecule has 0 aromatic heterocycles. The van der Waals surface area contributed by atoms with Crippen LogP contribution in [0, 0.1) is 6.92 Å². The van der Waals surface area contributed by atoms with Crippen molar-refractivity contribution in [3.8, 4) is 33.8 Å². The first-order valence-corrected chi connectivity index (χ1v) is 9.78. The molecule has 3 aromatic rings. The van der Waals surface area contributed by atoms with Crippen molar-refractivity contribution in [3.05, 3.63) is 72.3 Å². The van der Waals surface area contributed by atoms with Crippen LogP contribution in [0.5, 0.6) is 11.5 Å². The van der Waals surface area contributed by atoms with Gasteiger partial charge in [0, 0.05) is 0 Å². The highest BCUT2D eigenvalue weighted by atomic mass is 16.5. The number of aryl methyl sites for hydroxylation is 1. The van der Waals surface area contributed by atoms with E-state index in [4.69, 9.17) is 9.47 Å². The van der Waals surface area contributed by atoms with E-state index in [0.717, 1.165) is 37.6 Å². The van der Waals surface area contributed by atoms with Crippen molar-refractivity contribution in [3.63, 3.8) is 0 Å². The van der Waals surface area contributed by atoms with Gasteiger partial charge in [-0.3, -0.25) is 0 Å². The van der Waals surface area contributed by atoms with Crippen LogP contribution in [-0.2, 0) is 0 Å². The zero-order valence-corrected chi connectivity index (χ0v) is 16.5. The Labute approximate surface area is 162 Å². The van der Waals surface area contributed by atoms with Gasteiger partial charge in [0.2, 0.25) is 0 Å². The van der Waals surface area contributed by atoms with Gasteiger partial charge in [0.1, 0.15) is 11.5 Å². The lowest BCUT2D eigenvalue weighted by atomic mass is 9.99. The topological polar surface area (TPSA) is 18.5 Å². The van der Waals surface area contributed by atoms with Crippen LogP contribution < -0.4 is 9.47 Å². The molecule has 0 N–H and O–H groups in total. The lowest BCUT2D eigenvalue weighted by molar-refractivity contribution is 0.315. The molecule has 0 aliphatic carbocycles. The van der Waals surface area contributed by atoms with Gasteiger partial charge in [0.25, 0.3) is 0 Å². The summed E-state index contributed by atoms with van der Waals surface area (Å²) in [6.07, 6.45) is 2.04. The lowest BCUT2D eigenvalue weighted by Gasteiger charge is -2.11. The third kappa shape index (κ3) is 4.91. The standard InChI is InChI=1S/C25H28O2/c1-4-16-26-24-13-10-21(11-14-24)20-6-8-22(9-7-20)23-12-15-25(19(3)18-23)27-17-5-2/h6-15,18H,4-5,16-17H2,1-3H3. The fourth-order valence-electron chi connectivity index (χ4n) is 3.02. The molecular weight excluding hydrogens is 332 g/mol. The first kappa shape index (κ1) is 19.0. The molecule has 0 atom stereocenters. The molecule has 0 heterocycles. The van der Waals surface area contributed by atoms with Gasteiger partial charge in [-0.15, -0.1) is 0 Å². The Hall–Kier alpha value is -2.74. The predicted molar refractivity (Wildman–Crippen MR) is 114 cm³/mol. The average Bonchev–Trinajstić information content (AvgIpc) is 2.72. The largest absolute Gasteiger partial charge is 0.494 e. The highest BCUT2D eigenvalue weighted by Gasteiger charge is 2.05. The molecule has 0 amide bonds. The maximum Gasteiger partial charge on any atom is 0.122 e. The van der Waals surface area contributed by atoms with Gasteiger partial charge in [-0.25, -0.2) is 0 Å². The van der Waals surface area contributed by atoms with E-state index in [-0.39, 0.29) is 0 Å². The molecule has 0 unspecified atom stereocenters. The van der Waals surface area contributed by atoms with E-state index < -0.39 is 0 Å².